The zero-order valence-electron chi connectivity index (χ0n) is 93.5. The first kappa shape index (κ1) is 124. The van der Waals surface area contributed by atoms with Gasteiger partial charge in [-0.3, -0.25) is 4.79 Å². The van der Waals surface area contributed by atoms with Gasteiger partial charge in [0.1, 0.15) is 0 Å². The van der Waals surface area contributed by atoms with Gasteiger partial charge in [-0.25, -0.2) is 0 Å². The Morgan fingerprint density at radius 3 is 0.542 bits per heavy atom. The van der Waals surface area contributed by atoms with Crippen molar-refractivity contribution in [1.82, 2.24) is 0 Å². The van der Waals surface area contributed by atoms with Crippen LogP contribution < -0.4 is 139 Å². The molecule has 0 aromatic heterocycles. The summed E-state index contributed by atoms with van der Waals surface area (Å²) >= 11 is 0. The average molecular weight is 2050 g/mol. The Bertz CT molecular complexity index is 3660. The van der Waals surface area contributed by atoms with Gasteiger partial charge in [0.2, 0.25) is 0 Å². The molecule has 24 heteroatoms. The number of carboxylic acid groups (broad SMARTS) is 5. The molecule has 15 unspecified atom stereocenters. The molecule has 20 aliphatic carbocycles. The van der Waals surface area contributed by atoms with Gasteiger partial charge in [0.25, 0.3) is 0 Å². The Balaban J connectivity index is 0.000000159. The van der Waals surface area contributed by atoms with Crippen LogP contribution in [0.5, 0.6) is 0 Å². The molecule has 144 heavy (non-hydrogen) atoms. The van der Waals surface area contributed by atoms with Crippen LogP contribution in [0.15, 0.2) is 0 Å². The van der Waals surface area contributed by atoms with Crippen LogP contribution in [0.3, 0.4) is 0 Å². The molecule has 0 aromatic carbocycles. The zero-order chi connectivity index (χ0) is 101. The van der Waals surface area contributed by atoms with Gasteiger partial charge in [-0.2, -0.15) is 0 Å². The fourth-order valence-electron chi connectivity index (χ4n) is 43.5. The minimum atomic E-state index is -0.957. The third-order valence-electron chi connectivity index (χ3n) is 51.5. The fraction of sp³-hybridized carbons (Fsp3) is 0.958. The zero-order valence-corrected chi connectivity index (χ0v) is 102. The number of aliphatic carboxylic acids is 5. The van der Waals surface area contributed by atoms with E-state index in [1.165, 1.54) is 96.3 Å². The van der Waals surface area contributed by atoms with Gasteiger partial charge in [0, 0.05) is 30.3 Å². The van der Waals surface area contributed by atoms with E-state index in [4.69, 9.17) is 5.11 Å². The standard InChI is InChI=1S/5C24H40O4.4Na/c5*1-14(4-9-22(27)28)18-7-8-19-17-6-5-15-12-16(25)10-11-23(15,2)20(17)13-21(26)24(18,19)3;;;;/h5*14-21,25-26H,4-13H2,1-3H3,(H,27,28);;;;/q;;;;;4*+1/p-4/t5*14-,15-,16-,17?,18-,19?,20?,21+,23+,24-;;;;/m11111..../s1. The van der Waals surface area contributed by atoms with E-state index in [2.05, 4.69) is 104 Å². The van der Waals surface area contributed by atoms with Gasteiger partial charge in [-0.15, -0.1) is 0 Å². The van der Waals surface area contributed by atoms with E-state index in [9.17, 15) is 95.5 Å². The molecule has 0 radical (unpaired) electrons. The molecule has 0 heterocycles. The molecule has 20 fully saturated rings. The normalized spacial score (nSPS) is 50.2. The van der Waals surface area contributed by atoms with Crippen LogP contribution in [0, 0.1) is 232 Å². The van der Waals surface area contributed by atoms with E-state index >= 15 is 0 Å². The Hall–Kier alpha value is 0.950. The topological polar surface area (TPSA) is 400 Å². The molecule has 800 valence electrons. The fourth-order valence-corrected chi connectivity index (χ4v) is 43.5. The number of carbonyl (C=O) groups excluding carboxylic acids is 4. The second-order valence-electron chi connectivity index (χ2n) is 56.4. The summed E-state index contributed by atoms with van der Waals surface area (Å²) in [7, 11) is 0. The third kappa shape index (κ3) is 22.7. The Kier molecular flexibility index (Phi) is 41.7. The number of carbonyl (C=O) groups is 5. The first-order valence-electron chi connectivity index (χ1n) is 58.7. The molecular weight excluding hydrogens is 1850 g/mol. The quantitative estimate of drug-likeness (QED) is 0.0709. The smallest absolute Gasteiger partial charge is 0.550 e. The van der Waals surface area contributed by atoms with Crippen molar-refractivity contribution < 1.29 is 219 Å². The summed E-state index contributed by atoms with van der Waals surface area (Å²) in [6.45, 7) is 34.8. The average Bonchev–Trinajstić information content (AvgIpc) is 1.36. The van der Waals surface area contributed by atoms with Crippen molar-refractivity contribution in [2.24, 2.45) is 232 Å². The van der Waals surface area contributed by atoms with Crippen LogP contribution >= 0.6 is 0 Å². The predicted octanol–water partition coefficient (Wildman–Crippen LogP) is 5.07. The minimum absolute atomic E-state index is 0. The molecule has 50 atom stereocenters. The van der Waals surface area contributed by atoms with Crippen LogP contribution in [0.25, 0.3) is 0 Å². The van der Waals surface area contributed by atoms with Gasteiger partial charge < -0.3 is 95.8 Å². The van der Waals surface area contributed by atoms with E-state index in [0.29, 0.717) is 203 Å². The Morgan fingerprint density at radius 1 is 0.229 bits per heavy atom. The number of aliphatic hydroxyl groups excluding tert-OH is 10. The van der Waals surface area contributed by atoms with Crippen molar-refractivity contribution in [3.63, 3.8) is 0 Å². The molecule has 0 amide bonds. The number of fused-ring (bicyclic) bond motifs is 25. The number of rotatable bonds is 20. The van der Waals surface area contributed by atoms with Crippen LogP contribution in [0.4, 0.5) is 0 Å². The number of hydrogen-bond donors (Lipinski definition) is 11. The molecule has 0 saturated heterocycles. The third-order valence-corrected chi connectivity index (χ3v) is 51.5. The molecule has 20 nitrogen and oxygen atoms in total. The first-order chi connectivity index (χ1) is 65.9. The minimum Gasteiger partial charge on any atom is -0.550 e. The van der Waals surface area contributed by atoms with Crippen molar-refractivity contribution in [3.8, 4) is 0 Å². The van der Waals surface area contributed by atoms with Gasteiger partial charge in [-0.1, -0.05) is 104 Å². The molecule has 0 aromatic rings. The van der Waals surface area contributed by atoms with Crippen LogP contribution in [-0.2, 0) is 24.0 Å². The monoisotopic (exact) mass is 2050 g/mol. The Labute approximate surface area is 956 Å². The van der Waals surface area contributed by atoms with E-state index in [-0.39, 0.29) is 266 Å². The number of aliphatic hydroxyl groups is 10. The second kappa shape index (κ2) is 48.6. The van der Waals surface area contributed by atoms with E-state index in [1.807, 2.05) is 0 Å². The first-order valence-corrected chi connectivity index (χ1v) is 58.7. The SMILES string of the molecule is C[C@H](CCC(=O)O)[C@H]1CCC2C3CC[C@@H]4C[C@H](O)CC[C@]4(C)C3C[C@H](O)[C@@]21C.C[C@H](CCC(=O)[O-])[C@H]1CCC2C3CC[C@@H]4C[C@H](O)CC[C@]4(C)C3C[C@H](O)[C@@]21C.C[C@H](CCC(=O)[O-])[C@H]1CCC2C3CC[C@@H]4C[C@H](O)CC[C@]4(C)C3C[C@H](O)[C@@]21C.C[C@H](CCC(=O)[O-])[C@H]1CCC2C3CC[C@@H]4C[C@H](O)CC[C@]4(C)C3C[C@H](O)[C@@]21C.C[C@H](CCC(=O)[O-])[C@H]1CCC2C3CC[C@@H]4C[C@H](O)CC[C@]4(C)C3C[C@H](O)[C@@]21C.[Na+].[Na+].[Na+].[Na+]. The van der Waals surface area contributed by atoms with Gasteiger partial charge >= 0.3 is 124 Å². The van der Waals surface area contributed by atoms with Crippen LogP contribution in [-0.4, -0.2) is 147 Å². The Morgan fingerprint density at radius 2 is 0.389 bits per heavy atom. The van der Waals surface area contributed by atoms with Crippen LogP contribution in [0.2, 0.25) is 0 Å². The summed E-state index contributed by atoms with van der Waals surface area (Å²) in [4.78, 5) is 54.8. The van der Waals surface area contributed by atoms with Crippen molar-refractivity contribution in [1.29, 1.82) is 0 Å². The molecule has 20 aliphatic rings. The van der Waals surface area contributed by atoms with Crippen molar-refractivity contribution in [2.45, 2.75) is 486 Å². The molecule has 0 spiro atoms. The van der Waals surface area contributed by atoms with Gasteiger partial charge in [0.05, 0.1) is 61.0 Å². The molecular formula is C120H196Na4O20. The molecule has 11 N–H and O–H groups in total. The maximum Gasteiger partial charge on any atom is 1.00 e. The number of carboxylic acids is 5. The maximum absolute atomic E-state index is 11.5. The van der Waals surface area contributed by atoms with Crippen molar-refractivity contribution >= 4 is 29.8 Å². The summed E-state index contributed by atoms with van der Waals surface area (Å²) in [6, 6.07) is 0. The van der Waals surface area contributed by atoms with Gasteiger partial charge in [-0.05, 0) is 546 Å². The van der Waals surface area contributed by atoms with Crippen molar-refractivity contribution in [2.75, 3.05) is 0 Å². The summed E-state index contributed by atoms with van der Waals surface area (Å²) in [5.41, 5.74) is 0.966. The van der Waals surface area contributed by atoms with E-state index in [0.717, 1.165) is 167 Å². The van der Waals surface area contributed by atoms with Crippen LogP contribution in [0.1, 0.15) is 425 Å². The summed E-state index contributed by atoms with van der Waals surface area (Å²) in [5, 5.41) is 161. The summed E-state index contributed by atoms with van der Waals surface area (Å²) in [5.74, 6) is 11.3. The molecule has 0 aliphatic heterocycles. The summed E-state index contributed by atoms with van der Waals surface area (Å²) < 4.78 is 0. The summed E-state index contributed by atoms with van der Waals surface area (Å²) in [6.07, 6.45) is 45.2. The van der Waals surface area contributed by atoms with E-state index in [1.54, 1.807) is 0 Å². The second-order valence-corrected chi connectivity index (χ2v) is 56.4. The molecule has 0 bridgehead atoms. The maximum atomic E-state index is 11.5. The molecule has 20 rings (SSSR count). The number of hydrogen-bond acceptors (Lipinski definition) is 19. The molecule has 20 saturated carbocycles. The largest absolute Gasteiger partial charge is 1.00 e. The van der Waals surface area contributed by atoms with Gasteiger partial charge in [0.15, 0.2) is 0 Å². The predicted molar refractivity (Wildman–Crippen MR) is 533 cm³/mol. The van der Waals surface area contributed by atoms with E-state index < -0.39 is 29.8 Å². The van der Waals surface area contributed by atoms with Crippen molar-refractivity contribution in [3.05, 3.63) is 0 Å².